The van der Waals surface area contributed by atoms with E-state index in [-0.39, 0.29) is 12.5 Å². The number of para-hydroxylation sites is 1. The van der Waals surface area contributed by atoms with E-state index in [9.17, 15) is 4.79 Å². The number of ether oxygens (including phenoxy) is 1. The highest BCUT2D eigenvalue weighted by Gasteiger charge is 2.11. The molecule has 29 heavy (non-hydrogen) atoms. The maximum absolute atomic E-state index is 12.5. The van der Waals surface area contributed by atoms with E-state index in [0.717, 1.165) is 11.1 Å². The summed E-state index contributed by atoms with van der Waals surface area (Å²) in [5, 5.41) is 12.1. The number of pyridine rings is 1. The molecule has 0 aliphatic carbocycles. The molecule has 2 N–H and O–H groups in total. The molecule has 1 aromatic heterocycles. The maximum atomic E-state index is 12.5. The minimum Gasteiger partial charge on any atom is -0.481 e. The second kappa shape index (κ2) is 9.88. The highest BCUT2D eigenvalue weighted by atomic mass is 16.6. The van der Waals surface area contributed by atoms with Crippen LogP contribution in [-0.4, -0.2) is 18.0 Å². The van der Waals surface area contributed by atoms with E-state index in [1.54, 1.807) is 55.8 Å². The standard InChI is InChI=1S/C22H20N4O3/c1-28-21-11-10-18(14-25-21)13-24-20-5-3-2-4-19(20)22(27)26-29-15-17-8-6-16(12-23)7-9-17/h2-11,14,24H,13,15H2,1H3,(H,26,27). The number of aromatic nitrogens is 1. The van der Waals surface area contributed by atoms with Crippen molar-refractivity contribution in [1.82, 2.24) is 10.5 Å². The van der Waals surface area contributed by atoms with E-state index in [1.165, 1.54) is 0 Å². The van der Waals surface area contributed by atoms with Gasteiger partial charge in [-0.3, -0.25) is 9.63 Å². The zero-order valence-corrected chi connectivity index (χ0v) is 15.9. The van der Waals surface area contributed by atoms with Crippen LogP contribution in [-0.2, 0) is 18.0 Å². The van der Waals surface area contributed by atoms with Crippen molar-refractivity contribution >= 4 is 11.6 Å². The second-order valence-corrected chi connectivity index (χ2v) is 6.14. The van der Waals surface area contributed by atoms with Crippen molar-refractivity contribution in [2.75, 3.05) is 12.4 Å². The zero-order valence-electron chi connectivity index (χ0n) is 15.9. The van der Waals surface area contributed by atoms with Gasteiger partial charge >= 0.3 is 0 Å². The predicted octanol–water partition coefficient (Wildman–Crippen LogP) is 3.44. The molecule has 2 aromatic carbocycles. The minimum atomic E-state index is -0.352. The molecule has 0 unspecified atom stereocenters. The third kappa shape index (κ3) is 5.54. The lowest BCUT2D eigenvalue weighted by molar-refractivity contribution is 0.0234. The van der Waals surface area contributed by atoms with Gasteiger partial charge in [-0.1, -0.05) is 30.3 Å². The van der Waals surface area contributed by atoms with Gasteiger partial charge in [-0.25, -0.2) is 10.5 Å². The van der Waals surface area contributed by atoms with Crippen LogP contribution >= 0.6 is 0 Å². The summed E-state index contributed by atoms with van der Waals surface area (Å²) in [7, 11) is 1.57. The Bertz CT molecular complexity index is 996. The topological polar surface area (TPSA) is 96.3 Å². The first-order chi connectivity index (χ1) is 14.2. The summed E-state index contributed by atoms with van der Waals surface area (Å²) < 4.78 is 5.05. The Morgan fingerprint density at radius 2 is 1.83 bits per heavy atom. The number of carbonyl (C=O) groups excluding carboxylic acids is 1. The Hall–Kier alpha value is -3.89. The number of amides is 1. The smallest absolute Gasteiger partial charge is 0.276 e. The van der Waals surface area contributed by atoms with Gasteiger partial charge in [0.15, 0.2) is 0 Å². The molecule has 0 atom stereocenters. The molecule has 0 bridgehead atoms. The van der Waals surface area contributed by atoms with E-state index in [4.69, 9.17) is 14.8 Å². The molecule has 1 heterocycles. The molecular weight excluding hydrogens is 368 g/mol. The van der Waals surface area contributed by atoms with Crippen molar-refractivity contribution < 1.29 is 14.4 Å². The molecule has 3 aromatic rings. The first kappa shape index (κ1) is 19.9. The molecule has 146 valence electrons. The fourth-order valence-electron chi connectivity index (χ4n) is 2.58. The Morgan fingerprint density at radius 1 is 1.07 bits per heavy atom. The van der Waals surface area contributed by atoms with Gasteiger partial charge in [0, 0.05) is 24.5 Å². The molecule has 7 nitrogen and oxygen atoms in total. The molecular formula is C22H20N4O3. The average Bonchev–Trinajstić information content (AvgIpc) is 2.78. The van der Waals surface area contributed by atoms with Crippen molar-refractivity contribution in [2.45, 2.75) is 13.2 Å². The molecule has 0 fully saturated rings. The fourth-order valence-corrected chi connectivity index (χ4v) is 2.58. The number of hydrogen-bond acceptors (Lipinski definition) is 6. The number of nitriles is 1. The molecule has 0 saturated heterocycles. The summed E-state index contributed by atoms with van der Waals surface area (Å²) in [6, 6.07) is 19.9. The van der Waals surface area contributed by atoms with Crippen LogP contribution in [0.25, 0.3) is 0 Å². The molecule has 0 saturated carbocycles. The lowest BCUT2D eigenvalue weighted by atomic mass is 10.1. The quantitative estimate of drug-likeness (QED) is 0.574. The predicted molar refractivity (Wildman–Crippen MR) is 108 cm³/mol. The van der Waals surface area contributed by atoms with Crippen LogP contribution in [0.1, 0.15) is 27.0 Å². The third-order valence-corrected chi connectivity index (χ3v) is 4.15. The second-order valence-electron chi connectivity index (χ2n) is 6.14. The Kier molecular flexibility index (Phi) is 6.76. The molecule has 1 amide bonds. The summed E-state index contributed by atoms with van der Waals surface area (Å²) in [5.41, 5.74) is 5.99. The van der Waals surface area contributed by atoms with Crippen LogP contribution < -0.4 is 15.5 Å². The SMILES string of the molecule is COc1ccc(CNc2ccccc2C(=O)NOCc2ccc(C#N)cc2)cn1. The molecule has 0 radical (unpaired) electrons. The summed E-state index contributed by atoms with van der Waals surface area (Å²) >= 11 is 0. The van der Waals surface area contributed by atoms with Gasteiger partial charge in [0.1, 0.15) is 0 Å². The highest BCUT2D eigenvalue weighted by Crippen LogP contribution is 2.17. The molecule has 0 aliphatic rings. The van der Waals surface area contributed by atoms with Gasteiger partial charge in [0.25, 0.3) is 5.91 Å². The van der Waals surface area contributed by atoms with Crippen molar-refractivity contribution in [2.24, 2.45) is 0 Å². The summed E-state index contributed by atoms with van der Waals surface area (Å²) in [6.45, 7) is 0.706. The van der Waals surface area contributed by atoms with Crippen LogP contribution in [0.5, 0.6) is 5.88 Å². The van der Waals surface area contributed by atoms with Crippen molar-refractivity contribution in [3.8, 4) is 11.9 Å². The van der Waals surface area contributed by atoms with Gasteiger partial charge in [-0.15, -0.1) is 0 Å². The van der Waals surface area contributed by atoms with E-state index < -0.39 is 0 Å². The van der Waals surface area contributed by atoms with Crippen LogP contribution in [0.4, 0.5) is 5.69 Å². The fraction of sp³-hybridized carbons (Fsp3) is 0.136. The number of anilines is 1. The van der Waals surface area contributed by atoms with Crippen molar-refractivity contribution in [3.63, 3.8) is 0 Å². The van der Waals surface area contributed by atoms with E-state index in [2.05, 4.69) is 21.9 Å². The van der Waals surface area contributed by atoms with Gasteiger partial charge in [0.2, 0.25) is 5.88 Å². The number of nitrogens with one attached hydrogen (secondary N) is 2. The highest BCUT2D eigenvalue weighted by molar-refractivity contribution is 5.98. The number of carbonyl (C=O) groups is 1. The number of hydroxylamine groups is 1. The minimum absolute atomic E-state index is 0.199. The number of benzene rings is 2. The van der Waals surface area contributed by atoms with Crippen LogP contribution in [0, 0.1) is 11.3 Å². The third-order valence-electron chi connectivity index (χ3n) is 4.15. The van der Waals surface area contributed by atoms with E-state index in [1.807, 2.05) is 18.2 Å². The Morgan fingerprint density at radius 3 is 2.52 bits per heavy atom. The van der Waals surface area contributed by atoms with E-state index >= 15 is 0 Å². The number of rotatable bonds is 8. The van der Waals surface area contributed by atoms with E-state index in [0.29, 0.717) is 29.2 Å². The lowest BCUT2D eigenvalue weighted by Crippen LogP contribution is -2.24. The van der Waals surface area contributed by atoms with Crippen molar-refractivity contribution in [1.29, 1.82) is 5.26 Å². The molecule has 7 heteroatoms. The number of hydrogen-bond donors (Lipinski definition) is 2. The molecule has 0 aliphatic heterocycles. The largest absolute Gasteiger partial charge is 0.481 e. The first-order valence-electron chi connectivity index (χ1n) is 8.92. The Labute approximate surface area is 168 Å². The summed E-state index contributed by atoms with van der Waals surface area (Å²) in [6.07, 6.45) is 1.72. The monoisotopic (exact) mass is 388 g/mol. The molecule has 3 rings (SSSR count). The zero-order chi connectivity index (χ0) is 20.5. The number of methoxy groups -OCH3 is 1. The Balaban J connectivity index is 1.56. The van der Waals surface area contributed by atoms with Crippen molar-refractivity contribution in [3.05, 3.63) is 89.1 Å². The normalized spacial score (nSPS) is 10.1. The summed E-state index contributed by atoms with van der Waals surface area (Å²) in [4.78, 5) is 22.0. The van der Waals surface area contributed by atoms with Crippen LogP contribution in [0.3, 0.4) is 0 Å². The number of nitrogens with zero attached hydrogens (tertiary/aromatic N) is 2. The first-order valence-corrected chi connectivity index (χ1v) is 8.92. The maximum Gasteiger partial charge on any atom is 0.276 e. The van der Waals surface area contributed by atoms with Gasteiger partial charge in [0.05, 0.1) is 30.9 Å². The summed E-state index contributed by atoms with van der Waals surface area (Å²) in [5.74, 6) is 0.197. The average molecular weight is 388 g/mol. The van der Waals surface area contributed by atoms with Gasteiger partial charge < -0.3 is 10.1 Å². The van der Waals surface area contributed by atoms with Gasteiger partial charge in [-0.2, -0.15) is 5.26 Å². The van der Waals surface area contributed by atoms with Crippen LogP contribution in [0.2, 0.25) is 0 Å². The molecule has 0 spiro atoms. The lowest BCUT2D eigenvalue weighted by Gasteiger charge is -2.12. The van der Waals surface area contributed by atoms with Crippen LogP contribution in [0.15, 0.2) is 66.9 Å². The van der Waals surface area contributed by atoms with Gasteiger partial charge in [-0.05, 0) is 35.4 Å².